The normalized spacial score (nSPS) is 12.4. The number of rotatable bonds is 7. The summed E-state index contributed by atoms with van der Waals surface area (Å²) in [6.45, 7) is 1.81. The number of hydrogen-bond donors (Lipinski definition) is 1. The average molecular weight is 397 g/mol. The van der Waals surface area contributed by atoms with Crippen LogP contribution >= 0.6 is 0 Å². The van der Waals surface area contributed by atoms with E-state index in [9.17, 15) is 8.42 Å². The van der Waals surface area contributed by atoms with Crippen LogP contribution in [0.5, 0.6) is 11.5 Å². The molecule has 0 amide bonds. The van der Waals surface area contributed by atoms with E-state index in [1.807, 2.05) is 61.5 Å². The highest BCUT2D eigenvalue weighted by Crippen LogP contribution is 2.29. The second kappa shape index (κ2) is 8.46. The highest BCUT2D eigenvalue weighted by atomic mass is 32.2. The van der Waals surface area contributed by atoms with Gasteiger partial charge in [0, 0.05) is 12.1 Å². The van der Waals surface area contributed by atoms with Crippen LogP contribution in [0.1, 0.15) is 18.5 Å². The van der Waals surface area contributed by atoms with Gasteiger partial charge in [-0.05, 0) is 35.7 Å². The van der Waals surface area contributed by atoms with E-state index in [0.717, 1.165) is 16.7 Å². The third-order valence-corrected chi connectivity index (χ3v) is 6.07. The Morgan fingerprint density at radius 1 is 0.821 bits per heavy atom. The van der Waals surface area contributed by atoms with Gasteiger partial charge in [-0.25, -0.2) is 13.1 Å². The number of ether oxygens (including phenoxy) is 2. The van der Waals surface area contributed by atoms with Crippen molar-refractivity contribution in [3.05, 3.63) is 78.4 Å². The first-order chi connectivity index (χ1) is 13.4. The Labute approximate surface area is 166 Å². The number of sulfonamides is 1. The molecule has 1 unspecified atom stereocenters. The Balaban J connectivity index is 1.83. The summed E-state index contributed by atoms with van der Waals surface area (Å²) < 4.78 is 38.9. The highest BCUT2D eigenvalue weighted by Gasteiger charge is 2.23. The quantitative estimate of drug-likeness (QED) is 0.641. The fourth-order valence-corrected chi connectivity index (χ4v) is 4.37. The summed E-state index contributed by atoms with van der Waals surface area (Å²) in [5.74, 6) is 0.709. The predicted molar refractivity (Wildman–Crippen MR) is 110 cm³/mol. The van der Waals surface area contributed by atoms with E-state index in [1.54, 1.807) is 12.1 Å². The minimum absolute atomic E-state index is 0.0436. The Kier molecular flexibility index (Phi) is 6.02. The molecule has 1 N–H and O–H groups in total. The second-order valence-electron chi connectivity index (χ2n) is 6.35. The zero-order valence-corrected chi connectivity index (χ0v) is 16.9. The van der Waals surface area contributed by atoms with Gasteiger partial charge in [0.15, 0.2) is 0 Å². The van der Waals surface area contributed by atoms with E-state index in [-0.39, 0.29) is 10.6 Å². The molecule has 0 aromatic heterocycles. The van der Waals surface area contributed by atoms with Crippen molar-refractivity contribution in [3.8, 4) is 22.6 Å². The second-order valence-corrected chi connectivity index (χ2v) is 8.03. The smallest absolute Gasteiger partial charge is 0.244 e. The summed E-state index contributed by atoms with van der Waals surface area (Å²) in [5.41, 5.74) is 3.06. The molecule has 146 valence electrons. The first-order valence-corrected chi connectivity index (χ1v) is 10.3. The molecule has 3 rings (SSSR count). The highest BCUT2D eigenvalue weighted by molar-refractivity contribution is 7.89. The zero-order chi connectivity index (χ0) is 20.1. The lowest BCUT2D eigenvalue weighted by molar-refractivity contribution is 0.391. The van der Waals surface area contributed by atoms with Gasteiger partial charge in [0.2, 0.25) is 10.0 Å². The summed E-state index contributed by atoms with van der Waals surface area (Å²) >= 11 is 0. The van der Waals surface area contributed by atoms with Crippen molar-refractivity contribution in [2.45, 2.75) is 17.9 Å². The molecule has 0 fully saturated rings. The third kappa shape index (κ3) is 4.35. The standard InChI is InChI=1S/C22H23NO4S/c1-16(17-9-11-19(12-10-17)18-7-5-4-6-8-18)23-28(24,25)22-15-20(26-2)13-14-21(22)27-3/h4-16,23H,1-3H3. The number of nitrogens with one attached hydrogen (secondary N) is 1. The molecule has 0 bridgehead atoms. The molecule has 5 nitrogen and oxygen atoms in total. The lowest BCUT2D eigenvalue weighted by atomic mass is 10.0. The van der Waals surface area contributed by atoms with E-state index >= 15 is 0 Å². The molecule has 0 saturated heterocycles. The van der Waals surface area contributed by atoms with E-state index in [0.29, 0.717) is 5.75 Å². The molecule has 6 heteroatoms. The van der Waals surface area contributed by atoms with Crippen molar-refractivity contribution >= 4 is 10.0 Å². The van der Waals surface area contributed by atoms with Crippen LogP contribution in [-0.2, 0) is 10.0 Å². The van der Waals surface area contributed by atoms with E-state index < -0.39 is 16.1 Å². The van der Waals surface area contributed by atoms with Crippen LogP contribution in [0.25, 0.3) is 11.1 Å². The maximum atomic E-state index is 12.9. The molecule has 0 radical (unpaired) electrons. The van der Waals surface area contributed by atoms with Crippen molar-refractivity contribution in [3.63, 3.8) is 0 Å². The molecule has 1 atom stereocenters. The molecule has 28 heavy (non-hydrogen) atoms. The molecular formula is C22H23NO4S. The molecule has 0 spiro atoms. The van der Waals surface area contributed by atoms with Crippen molar-refractivity contribution in [1.29, 1.82) is 0 Å². The van der Waals surface area contributed by atoms with Gasteiger partial charge in [-0.1, -0.05) is 54.6 Å². The summed E-state index contributed by atoms with van der Waals surface area (Å²) in [4.78, 5) is 0.0436. The number of hydrogen-bond acceptors (Lipinski definition) is 4. The van der Waals surface area contributed by atoms with Crippen LogP contribution in [0.15, 0.2) is 77.7 Å². The van der Waals surface area contributed by atoms with Crippen LogP contribution in [-0.4, -0.2) is 22.6 Å². The van der Waals surface area contributed by atoms with Crippen LogP contribution in [0.4, 0.5) is 0 Å². The third-order valence-electron chi connectivity index (χ3n) is 4.51. The molecule has 3 aromatic carbocycles. The summed E-state index contributed by atoms with van der Waals surface area (Å²) in [6, 6.07) is 22.1. The predicted octanol–water partition coefficient (Wildman–Crippen LogP) is 4.41. The van der Waals surface area contributed by atoms with Gasteiger partial charge in [-0.3, -0.25) is 0 Å². The Hall–Kier alpha value is -2.83. The van der Waals surface area contributed by atoms with Crippen molar-refractivity contribution in [2.75, 3.05) is 14.2 Å². The average Bonchev–Trinajstić information content (AvgIpc) is 2.73. The maximum Gasteiger partial charge on any atom is 0.244 e. The first kappa shape index (κ1) is 19.9. The monoisotopic (exact) mass is 397 g/mol. The first-order valence-electron chi connectivity index (χ1n) is 8.84. The van der Waals surface area contributed by atoms with Gasteiger partial charge in [-0.15, -0.1) is 0 Å². The molecular weight excluding hydrogens is 374 g/mol. The Bertz CT molecular complexity index is 1030. The lowest BCUT2D eigenvalue weighted by Gasteiger charge is -2.17. The van der Waals surface area contributed by atoms with Crippen molar-refractivity contribution in [2.24, 2.45) is 0 Å². The maximum absolute atomic E-state index is 12.9. The number of benzene rings is 3. The van der Waals surface area contributed by atoms with Gasteiger partial charge in [0.1, 0.15) is 16.4 Å². The van der Waals surface area contributed by atoms with Gasteiger partial charge in [-0.2, -0.15) is 0 Å². The van der Waals surface area contributed by atoms with Gasteiger partial charge in [0.25, 0.3) is 0 Å². The molecule has 0 heterocycles. The van der Waals surface area contributed by atoms with E-state index in [1.165, 1.54) is 20.3 Å². The van der Waals surface area contributed by atoms with Gasteiger partial charge >= 0.3 is 0 Å². The SMILES string of the molecule is COc1ccc(OC)c(S(=O)(=O)NC(C)c2ccc(-c3ccccc3)cc2)c1. The minimum atomic E-state index is -3.80. The molecule has 3 aromatic rings. The summed E-state index contributed by atoms with van der Waals surface area (Å²) in [6.07, 6.45) is 0. The molecule has 0 saturated carbocycles. The molecule has 0 aliphatic carbocycles. The zero-order valence-electron chi connectivity index (χ0n) is 16.0. The van der Waals surface area contributed by atoms with Crippen LogP contribution in [0.3, 0.4) is 0 Å². The lowest BCUT2D eigenvalue weighted by Crippen LogP contribution is -2.27. The van der Waals surface area contributed by atoms with Crippen molar-refractivity contribution in [1.82, 2.24) is 4.72 Å². The molecule has 0 aliphatic rings. The largest absolute Gasteiger partial charge is 0.497 e. The van der Waals surface area contributed by atoms with Crippen molar-refractivity contribution < 1.29 is 17.9 Å². The van der Waals surface area contributed by atoms with Gasteiger partial charge < -0.3 is 9.47 Å². The van der Waals surface area contributed by atoms with Crippen LogP contribution in [0, 0.1) is 0 Å². The van der Waals surface area contributed by atoms with Crippen LogP contribution in [0.2, 0.25) is 0 Å². The van der Waals surface area contributed by atoms with E-state index in [4.69, 9.17) is 9.47 Å². The van der Waals surface area contributed by atoms with Gasteiger partial charge in [0.05, 0.1) is 14.2 Å². The van der Waals surface area contributed by atoms with E-state index in [2.05, 4.69) is 4.72 Å². The minimum Gasteiger partial charge on any atom is -0.497 e. The Morgan fingerprint density at radius 2 is 1.46 bits per heavy atom. The summed E-state index contributed by atoms with van der Waals surface area (Å²) in [5, 5.41) is 0. The fourth-order valence-electron chi connectivity index (χ4n) is 2.95. The topological polar surface area (TPSA) is 64.6 Å². The number of methoxy groups -OCH3 is 2. The molecule has 0 aliphatic heterocycles. The fraction of sp³-hybridized carbons (Fsp3) is 0.182. The summed E-state index contributed by atoms with van der Waals surface area (Å²) in [7, 11) is -0.875. The Morgan fingerprint density at radius 3 is 2.07 bits per heavy atom. The van der Waals surface area contributed by atoms with Crippen LogP contribution < -0.4 is 14.2 Å².